The molecule has 2 rings (SSSR count). The van der Waals surface area contributed by atoms with Gasteiger partial charge in [0.2, 0.25) is 0 Å². The number of amides is 1. The van der Waals surface area contributed by atoms with Crippen LogP contribution in [0.15, 0.2) is 12.1 Å². The fourth-order valence-electron chi connectivity index (χ4n) is 2.18. The van der Waals surface area contributed by atoms with E-state index in [2.05, 4.69) is 0 Å². The number of aryl methyl sites for hydroxylation is 1. The predicted octanol–water partition coefficient (Wildman–Crippen LogP) is 2.73. The average molecular weight is 250 g/mol. The van der Waals surface area contributed by atoms with Crippen LogP contribution in [0.2, 0.25) is 0 Å². The number of carbonyl (C=O) groups is 1. The molecule has 0 unspecified atom stereocenters. The van der Waals surface area contributed by atoms with E-state index in [-0.39, 0.29) is 11.5 Å². The molecule has 3 nitrogen and oxygen atoms in total. The Balaban J connectivity index is 2.31. The van der Waals surface area contributed by atoms with Crippen molar-refractivity contribution in [2.45, 2.75) is 39.2 Å². The number of nitrogens with two attached hydrogens (primary N) is 1. The molecular weight excluding hydrogens is 231 g/mol. The van der Waals surface area contributed by atoms with Gasteiger partial charge < -0.3 is 10.6 Å². The summed E-state index contributed by atoms with van der Waals surface area (Å²) in [5, 5.41) is 0. The largest absolute Gasteiger partial charge is 0.399 e. The molecule has 2 N–H and O–H groups in total. The molecule has 1 aromatic rings. The van der Waals surface area contributed by atoms with E-state index in [1.807, 2.05) is 6.92 Å². The molecule has 0 aliphatic heterocycles. The maximum absolute atomic E-state index is 14.0. The van der Waals surface area contributed by atoms with E-state index in [9.17, 15) is 9.18 Å². The highest BCUT2D eigenvalue weighted by Gasteiger charge is 2.33. The molecule has 18 heavy (non-hydrogen) atoms. The minimum absolute atomic E-state index is 0.104. The molecule has 1 aliphatic carbocycles. The summed E-state index contributed by atoms with van der Waals surface area (Å²) in [5.74, 6) is -0.678. The molecule has 1 fully saturated rings. The van der Waals surface area contributed by atoms with Gasteiger partial charge in [-0.05, 0) is 43.9 Å². The number of hydrogen-bond acceptors (Lipinski definition) is 2. The van der Waals surface area contributed by atoms with Crippen LogP contribution in [0.4, 0.5) is 10.1 Å². The first-order chi connectivity index (χ1) is 8.54. The second-order valence-corrected chi connectivity index (χ2v) is 4.93. The Morgan fingerprint density at radius 1 is 1.50 bits per heavy atom. The number of carbonyl (C=O) groups excluding carboxylic acids is 1. The van der Waals surface area contributed by atoms with Crippen LogP contribution in [-0.2, 0) is 0 Å². The van der Waals surface area contributed by atoms with Crippen molar-refractivity contribution in [2.75, 3.05) is 12.3 Å². The van der Waals surface area contributed by atoms with Crippen LogP contribution < -0.4 is 5.73 Å². The van der Waals surface area contributed by atoms with E-state index in [1.54, 1.807) is 17.9 Å². The fraction of sp³-hybridized carbons (Fsp3) is 0.500. The Morgan fingerprint density at radius 3 is 2.72 bits per heavy atom. The first-order valence-electron chi connectivity index (χ1n) is 6.41. The summed E-state index contributed by atoms with van der Waals surface area (Å²) in [7, 11) is 0. The van der Waals surface area contributed by atoms with Gasteiger partial charge >= 0.3 is 0 Å². The van der Waals surface area contributed by atoms with Gasteiger partial charge in [0.1, 0.15) is 5.82 Å². The molecule has 1 aromatic carbocycles. The van der Waals surface area contributed by atoms with Crippen LogP contribution in [0.1, 0.15) is 42.1 Å². The average Bonchev–Trinajstić information content (AvgIpc) is 3.14. The third-order valence-electron chi connectivity index (χ3n) is 3.22. The van der Waals surface area contributed by atoms with Crippen LogP contribution in [0.5, 0.6) is 0 Å². The number of hydrogen-bond donors (Lipinski definition) is 1. The van der Waals surface area contributed by atoms with Crippen molar-refractivity contribution in [3.63, 3.8) is 0 Å². The van der Waals surface area contributed by atoms with Gasteiger partial charge in [0.05, 0.1) is 5.56 Å². The lowest BCUT2D eigenvalue weighted by atomic mass is 10.1. The van der Waals surface area contributed by atoms with Crippen LogP contribution in [-0.4, -0.2) is 23.4 Å². The zero-order chi connectivity index (χ0) is 13.3. The Morgan fingerprint density at radius 2 is 2.17 bits per heavy atom. The molecule has 0 atom stereocenters. The Hall–Kier alpha value is -1.58. The van der Waals surface area contributed by atoms with Gasteiger partial charge in [-0.15, -0.1) is 0 Å². The molecule has 0 heterocycles. The maximum Gasteiger partial charge on any atom is 0.257 e. The topological polar surface area (TPSA) is 46.3 Å². The highest BCUT2D eigenvalue weighted by Crippen LogP contribution is 2.29. The van der Waals surface area contributed by atoms with Crippen molar-refractivity contribution in [1.82, 2.24) is 4.90 Å². The van der Waals surface area contributed by atoms with E-state index < -0.39 is 5.82 Å². The van der Waals surface area contributed by atoms with Crippen LogP contribution in [0.25, 0.3) is 0 Å². The minimum atomic E-state index is -0.448. The molecule has 0 spiro atoms. The number of benzene rings is 1. The maximum atomic E-state index is 14.0. The van der Waals surface area contributed by atoms with Crippen molar-refractivity contribution < 1.29 is 9.18 Å². The number of nitrogen functional groups attached to an aromatic ring is 1. The van der Waals surface area contributed by atoms with Crippen molar-refractivity contribution in [3.05, 3.63) is 29.1 Å². The van der Waals surface area contributed by atoms with Gasteiger partial charge in [0, 0.05) is 18.3 Å². The van der Waals surface area contributed by atoms with Crippen LogP contribution in [0, 0.1) is 12.7 Å². The zero-order valence-electron chi connectivity index (χ0n) is 10.9. The summed E-state index contributed by atoms with van der Waals surface area (Å²) >= 11 is 0. The smallest absolute Gasteiger partial charge is 0.257 e. The van der Waals surface area contributed by atoms with Gasteiger partial charge in [-0.25, -0.2) is 4.39 Å². The van der Waals surface area contributed by atoms with Gasteiger partial charge in [-0.2, -0.15) is 0 Å². The van der Waals surface area contributed by atoms with Crippen molar-refractivity contribution >= 4 is 11.6 Å². The zero-order valence-corrected chi connectivity index (χ0v) is 10.9. The van der Waals surface area contributed by atoms with Gasteiger partial charge in [-0.3, -0.25) is 4.79 Å². The monoisotopic (exact) mass is 250 g/mol. The molecule has 98 valence electrons. The lowest BCUT2D eigenvalue weighted by molar-refractivity contribution is 0.0738. The second kappa shape index (κ2) is 4.96. The Kier molecular flexibility index (Phi) is 3.55. The highest BCUT2D eigenvalue weighted by molar-refractivity contribution is 5.96. The lowest BCUT2D eigenvalue weighted by Crippen LogP contribution is -2.34. The highest BCUT2D eigenvalue weighted by atomic mass is 19.1. The molecule has 0 aromatic heterocycles. The van der Waals surface area contributed by atoms with Crippen molar-refractivity contribution in [1.29, 1.82) is 0 Å². The van der Waals surface area contributed by atoms with Crippen molar-refractivity contribution in [2.24, 2.45) is 0 Å². The standard InChI is InChI=1S/C14H19FN2O/c1-3-6-17(11-4-5-11)14(18)12-8-10(16)7-9(2)13(12)15/h7-8,11H,3-6,16H2,1-2H3. The molecule has 1 saturated carbocycles. The molecule has 1 aliphatic rings. The molecule has 4 heteroatoms. The second-order valence-electron chi connectivity index (χ2n) is 4.93. The van der Waals surface area contributed by atoms with Crippen LogP contribution in [0.3, 0.4) is 0 Å². The number of halogens is 1. The quantitative estimate of drug-likeness (QED) is 0.835. The summed E-state index contributed by atoms with van der Waals surface area (Å²) in [6, 6.07) is 3.28. The molecule has 0 saturated heterocycles. The van der Waals surface area contributed by atoms with Gasteiger partial charge in [0.25, 0.3) is 5.91 Å². The fourth-order valence-corrected chi connectivity index (χ4v) is 2.18. The SMILES string of the molecule is CCCN(C(=O)c1cc(N)cc(C)c1F)C1CC1. The number of nitrogens with zero attached hydrogens (tertiary/aromatic N) is 1. The summed E-state index contributed by atoms with van der Waals surface area (Å²) in [6.45, 7) is 4.32. The summed E-state index contributed by atoms with van der Waals surface area (Å²) in [5.41, 5.74) is 6.66. The molecular formula is C14H19FN2O. The van der Waals surface area contributed by atoms with Crippen molar-refractivity contribution in [3.8, 4) is 0 Å². The van der Waals surface area contributed by atoms with E-state index in [0.717, 1.165) is 19.3 Å². The van der Waals surface area contributed by atoms with Crippen LogP contribution >= 0.6 is 0 Å². The molecule has 1 amide bonds. The van der Waals surface area contributed by atoms with Gasteiger partial charge in [-0.1, -0.05) is 6.92 Å². The van der Waals surface area contributed by atoms with E-state index in [4.69, 9.17) is 5.73 Å². The Labute approximate surface area is 107 Å². The van der Waals surface area contributed by atoms with E-state index in [1.165, 1.54) is 6.07 Å². The number of anilines is 1. The summed E-state index contributed by atoms with van der Waals surface area (Å²) < 4.78 is 14.0. The molecule has 0 bridgehead atoms. The normalized spacial score (nSPS) is 14.6. The third kappa shape index (κ3) is 2.47. The van der Waals surface area contributed by atoms with E-state index >= 15 is 0 Å². The Bertz CT molecular complexity index is 469. The summed E-state index contributed by atoms with van der Waals surface area (Å²) in [4.78, 5) is 14.1. The van der Waals surface area contributed by atoms with E-state index in [0.29, 0.717) is 23.8 Å². The first-order valence-corrected chi connectivity index (χ1v) is 6.41. The predicted molar refractivity (Wildman–Crippen MR) is 69.9 cm³/mol. The lowest BCUT2D eigenvalue weighted by Gasteiger charge is -2.22. The third-order valence-corrected chi connectivity index (χ3v) is 3.22. The summed E-state index contributed by atoms with van der Waals surface area (Å²) in [6.07, 6.45) is 2.93. The first kappa shape index (κ1) is 12.9. The minimum Gasteiger partial charge on any atom is -0.399 e. The van der Waals surface area contributed by atoms with Gasteiger partial charge in [0.15, 0.2) is 0 Å². The number of rotatable bonds is 4. The molecule has 0 radical (unpaired) electrons.